The average molecular weight is 353 g/mol. The Balaban J connectivity index is 2.41. The minimum atomic E-state index is -3.69. The predicted molar refractivity (Wildman–Crippen MR) is 83.2 cm³/mol. The third-order valence-electron chi connectivity index (χ3n) is 3.85. The summed E-state index contributed by atoms with van der Waals surface area (Å²) in [4.78, 5) is 2.10. The molecule has 5 nitrogen and oxygen atoms in total. The van der Waals surface area contributed by atoms with Crippen molar-refractivity contribution in [2.24, 2.45) is 0 Å². The second kappa shape index (κ2) is 6.40. The summed E-state index contributed by atoms with van der Waals surface area (Å²) in [5.41, 5.74) is 0.238. The van der Waals surface area contributed by atoms with Crippen molar-refractivity contribution in [2.45, 2.75) is 24.5 Å². The SMILES string of the molecule is CC1CN(S(=O)(=O)c2ccc(Cl)c(CO)c2Cl)CCN1C. The number of benzene rings is 1. The Bertz CT molecular complexity index is 637. The Morgan fingerprint density at radius 1 is 1.33 bits per heavy atom. The highest BCUT2D eigenvalue weighted by atomic mass is 35.5. The summed E-state index contributed by atoms with van der Waals surface area (Å²) < 4.78 is 26.9. The van der Waals surface area contributed by atoms with Crippen LogP contribution in [-0.4, -0.2) is 55.5 Å². The van der Waals surface area contributed by atoms with Crippen LogP contribution >= 0.6 is 23.2 Å². The van der Waals surface area contributed by atoms with E-state index in [0.29, 0.717) is 19.6 Å². The molecular weight excluding hydrogens is 335 g/mol. The lowest BCUT2D eigenvalue weighted by Crippen LogP contribution is -2.51. The molecule has 1 unspecified atom stereocenters. The van der Waals surface area contributed by atoms with Crippen LogP contribution in [-0.2, 0) is 16.6 Å². The second-order valence-electron chi connectivity index (χ2n) is 5.19. The van der Waals surface area contributed by atoms with Gasteiger partial charge in [-0.2, -0.15) is 4.31 Å². The summed E-state index contributed by atoms with van der Waals surface area (Å²) in [7, 11) is -1.73. The van der Waals surface area contributed by atoms with Crippen LogP contribution in [0.1, 0.15) is 12.5 Å². The molecule has 0 radical (unpaired) electrons. The molecule has 1 atom stereocenters. The molecule has 0 bridgehead atoms. The van der Waals surface area contributed by atoms with E-state index in [4.69, 9.17) is 23.2 Å². The van der Waals surface area contributed by atoms with Crippen molar-refractivity contribution in [2.75, 3.05) is 26.7 Å². The quantitative estimate of drug-likeness (QED) is 0.901. The van der Waals surface area contributed by atoms with Crippen molar-refractivity contribution in [3.05, 3.63) is 27.7 Å². The van der Waals surface area contributed by atoms with Gasteiger partial charge in [0.2, 0.25) is 10.0 Å². The first-order valence-electron chi connectivity index (χ1n) is 6.57. The first kappa shape index (κ1) is 17.0. The van der Waals surface area contributed by atoms with Gasteiger partial charge in [0, 0.05) is 36.3 Å². The number of hydrogen-bond donors (Lipinski definition) is 1. The summed E-state index contributed by atoms with van der Waals surface area (Å²) in [6.45, 7) is 3.06. The first-order chi connectivity index (χ1) is 9.78. The van der Waals surface area contributed by atoms with Gasteiger partial charge in [-0.25, -0.2) is 8.42 Å². The van der Waals surface area contributed by atoms with E-state index in [9.17, 15) is 13.5 Å². The zero-order valence-electron chi connectivity index (χ0n) is 11.9. The molecule has 1 N–H and O–H groups in total. The maximum Gasteiger partial charge on any atom is 0.244 e. The van der Waals surface area contributed by atoms with Crippen molar-refractivity contribution in [1.82, 2.24) is 9.21 Å². The van der Waals surface area contributed by atoms with Crippen LogP contribution < -0.4 is 0 Å². The largest absolute Gasteiger partial charge is 0.392 e. The van der Waals surface area contributed by atoms with E-state index in [1.807, 2.05) is 14.0 Å². The highest BCUT2D eigenvalue weighted by Gasteiger charge is 2.32. The van der Waals surface area contributed by atoms with Crippen molar-refractivity contribution < 1.29 is 13.5 Å². The van der Waals surface area contributed by atoms with Gasteiger partial charge in [0.25, 0.3) is 0 Å². The Morgan fingerprint density at radius 3 is 2.57 bits per heavy atom. The van der Waals surface area contributed by atoms with Gasteiger partial charge in [0.05, 0.1) is 11.6 Å². The molecule has 21 heavy (non-hydrogen) atoms. The molecule has 1 saturated heterocycles. The second-order valence-corrected chi connectivity index (χ2v) is 7.88. The number of likely N-dealkylation sites (N-methyl/N-ethyl adjacent to an activating group) is 1. The summed E-state index contributed by atoms with van der Waals surface area (Å²) in [6.07, 6.45) is 0. The van der Waals surface area contributed by atoms with Crippen LogP contribution in [0.25, 0.3) is 0 Å². The van der Waals surface area contributed by atoms with E-state index in [2.05, 4.69) is 4.90 Å². The molecule has 1 fully saturated rings. The molecule has 0 spiro atoms. The van der Waals surface area contributed by atoms with Crippen molar-refractivity contribution in [3.8, 4) is 0 Å². The van der Waals surface area contributed by atoms with Crippen molar-refractivity contribution >= 4 is 33.2 Å². The first-order valence-corrected chi connectivity index (χ1v) is 8.76. The zero-order valence-corrected chi connectivity index (χ0v) is 14.2. The van der Waals surface area contributed by atoms with Gasteiger partial charge >= 0.3 is 0 Å². The maximum atomic E-state index is 12.7. The Hall–Kier alpha value is -0.370. The molecule has 0 saturated carbocycles. The number of halogens is 2. The van der Waals surface area contributed by atoms with Crippen LogP contribution in [0.2, 0.25) is 10.0 Å². The normalized spacial score (nSPS) is 21.7. The summed E-state index contributed by atoms with van der Waals surface area (Å²) in [5, 5.41) is 9.55. The van der Waals surface area contributed by atoms with Crippen LogP contribution in [0.15, 0.2) is 17.0 Å². The molecule has 1 aromatic rings. The van der Waals surface area contributed by atoms with Crippen molar-refractivity contribution in [1.29, 1.82) is 0 Å². The number of aliphatic hydroxyl groups excluding tert-OH is 1. The minimum absolute atomic E-state index is 0.00317. The van der Waals surface area contributed by atoms with Gasteiger partial charge in [-0.1, -0.05) is 23.2 Å². The van der Waals surface area contributed by atoms with Gasteiger partial charge in [-0.3, -0.25) is 0 Å². The predicted octanol–water partition coefficient (Wildman–Crippen LogP) is 1.81. The molecule has 1 aliphatic heterocycles. The van der Waals surface area contributed by atoms with Gasteiger partial charge in [0.15, 0.2) is 0 Å². The van der Waals surface area contributed by atoms with Gasteiger partial charge in [-0.05, 0) is 26.1 Å². The fraction of sp³-hybridized carbons (Fsp3) is 0.538. The number of sulfonamides is 1. The van der Waals surface area contributed by atoms with E-state index in [0.717, 1.165) is 0 Å². The van der Waals surface area contributed by atoms with E-state index in [1.165, 1.54) is 16.4 Å². The Morgan fingerprint density at radius 2 is 2.00 bits per heavy atom. The standard InChI is InChI=1S/C13H18Cl2N2O3S/c1-9-7-17(6-5-16(9)2)21(19,20)12-4-3-11(14)10(8-18)13(12)15/h3-4,9,18H,5-8H2,1-2H3. The van der Waals surface area contributed by atoms with Crippen LogP contribution in [0.5, 0.6) is 0 Å². The maximum absolute atomic E-state index is 12.7. The summed E-state index contributed by atoms with van der Waals surface area (Å²) >= 11 is 12.0. The highest BCUT2D eigenvalue weighted by molar-refractivity contribution is 7.89. The number of hydrogen-bond acceptors (Lipinski definition) is 4. The third kappa shape index (κ3) is 3.21. The smallest absolute Gasteiger partial charge is 0.244 e. The number of nitrogens with zero attached hydrogens (tertiary/aromatic N) is 2. The van der Waals surface area contributed by atoms with Gasteiger partial charge in [0.1, 0.15) is 4.90 Å². The fourth-order valence-electron chi connectivity index (χ4n) is 2.29. The van der Waals surface area contributed by atoms with E-state index in [-0.39, 0.29) is 26.5 Å². The number of piperazine rings is 1. The molecule has 0 amide bonds. The van der Waals surface area contributed by atoms with Crippen LogP contribution in [0.4, 0.5) is 0 Å². The molecule has 0 aliphatic carbocycles. The molecule has 0 aromatic heterocycles. The Kier molecular flexibility index (Phi) is 5.18. The lowest BCUT2D eigenvalue weighted by Gasteiger charge is -2.37. The number of aliphatic hydroxyl groups is 1. The molecular formula is C13H18Cl2N2O3S. The van der Waals surface area contributed by atoms with E-state index >= 15 is 0 Å². The van der Waals surface area contributed by atoms with E-state index < -0.39 is 16.6 Å². The topological polar surface area (TPSA) is 60.9 Å². The fourth-order valence-corrected chi connectivity index (χ4v) is 4.68. The monoisotopic (exact) mass is 352 g/mol. The highest BCUT2D eigenvalue weighted by Crippen LogP contribution is 2.33. The van der Waals surface area contributed by atoms with Crippen LogP contribution in [0.3, 0.4) is 0 Å². The summed E-state index contributed by atoms with van der Waals surface area (Å²) in [5.74, 6) is 0. The molecule has 8 heteroatoms. The molecule has 1 aliphatic rings. The van der Waals surface area contributed by atoms with Crippen LogP contribution in [0, 0.1) is 0 Å². The lowest BCUT2D eigenvalue weighted by atomic mass is 10.2. The van der Waals surface area contributed by atoms with Gasteiger partial charge < -0.3 is 10.0 Å². The number of rotatable bonds is 3. The third-order valence-corrected chi connectivity index (χ3v) is 6.65. The summed E-state index contributed by atoms with van der Waals surface area (Å²) in [6, 6.07) is 2.98. The molecule has 1 aromatic carbocycles. The van der Waals surface area contributed by atoms with Crippen molar-refractivity contribution in [3.63, 3.8) is 0 Å². The minimum Gasteiger partial charge on any atom is -0.392 e. The molecule has 2 rings (SSSR count). The lowest BCUT2D eigenvalue weighted by molar-refractivity contribution is 0.159. The Labute approximate surface area is 135 Å². The van der Waals surface area contributed by atoms with E-state index in [1.54, 1.807) is 0 Å². The molecule has 1 heterocycles. The zero-order chi connectivity index (χ0) is 15.8. The van der Waals surface area contributed by atoms with Gasteiger partial charge in [-0.15, -0.1) is 0 Å². The average Bonchev–Trinajstić information content (AvgIpc) is 2.42. The molecule has 118 valence electrons.